The van der Waals surface area contributed by atoms with Crippen LogP contribution in [-0.4, -0.2) is 30.7 Å². The number of rotatable bonds is 5. The van der Waals surface area contributed by atoms with Gasteiger partial charge in [0.05, 0.1) is 29.7 Å². The van der Waals surface area contributed by atoms with Crippen LogP contribution < -0.4 is 4.74 Å². The maximum Gasteiger partial charge on any atom is 0.336 e. The van der Waals surface area contributed by atoms with Gasteiger partial charge in [0.2, 0.25) is 0 Å². The van der Waals surface area contributed by atoms with E-state index in [9.17, 15) is 9.59 Å². The molecule has 1 aromatic carbocycles. The molecule has 0 saturated heterocycles. The topological polar surface area (TPSA) is 65.0 Å². The van der Waals surface area contributed by atoms with Crippen LogP contribution >= 0.6 is 11.6 Å². The van der Waals surface area contributed by atoms with Gasteiger partial charge in [-0.05, 0) is 51.3 Å². The number of allylic oxidation sites excluding steroid dienone is 1. The Labute approximate surface area is 164 Å². The summed E-state index contributed by atoms with van der Waals surface area (Å²) in [5, 5.41) is 0.461. The summed E-state index contributed by atoms with van der Waals surface area (Å²) in [6, 6.07) is 5.45. The van der Waals surface area contributed by atoms with Gasteiger partial charge >= 0.3 is 5.97 Å². The lowest BCUT2D eigenvalue weighted by Crippen LogP contribution is -2.39. The van der Waals surface area contributed by atoms with E-state index in [0.717, 1.165) is 24.1 Å². The fraction of sp³-hybridized carbons (Fsp3) is 0.476. The highest BCUT2D eigenvalue weighted by molar-refractivity contribution is 6.32. The van der Waals surface area contributed by atoms with Crippen LogP contribution in [-0.2, 0) is 14.3 Å². The number of esters is 1. The Morgan fingerprint density at radius 1 is 1.22 bits per heavy atom. The largest absolute Gasteiger partial charge is 0.492 e. The quantitative estimate of drug-likeness (QED) is 0.696. The number of ether oxygens (including phenoxy) is 2. The smallest absolute Gasteiger partial charge is 0.336 e. The van der Waals surface area contributed by atoms with Crippen molar-refractivity contribution in [3.8, 4) is 5.75 Å². The van der Waals surface area contributed by atoms with Gasteiger partial charge in [0.25, 0.3) is 0 Å². The van der Waals surface area contributed by atoms with E-state index in [0.29, 0.717) is 35.1 Å². The molecule has 144 valence electrons. The number of hydrogen-bond donors (Lipinski definition) is 0. The van der Waals surface area contributed by atoms with Gasteiger partial charge in [-0.25, -0.2) is 4.79 Å². The van der Waals surface area contributed by atoms with Crippen molar-refractivity contribution in [1.82, 2.24) is 0 Å². The molecule has 1 saturated carbocycles. The van der Waals surface area contributed by atoms with Crippen LogP contribution in [0, 0.1) is 5.92 Å². The van der Waals surface area contributed by atoms with E-state index in [4.69, 9.17) is 21.1 Å². The third-order valence-electron chi connectivity index (χ3n) is 5.02. The van der Waals surface area contributed by atoms with E-state index < -0.39 is 17.8 Å². The number of aliphatic imine (C=N–C) groups is 1. The lowest BCUT2D eigenvalue weighted by Gasteiger charge is -2.35. The maximum atomic E-state index is 12.8. The number of fused-ring (bicyclic) bond motifs is 1. The third-order valence-corrected chi connectivity index (χ3v) is 5.31. The van der Waals surface area contributed by atoms with E-state index in [1.165, 1.54) is 0 Å². The highest BCUT2D eigenvalue weighted by Gasteiger charge is 2.43. The Balaban J connectivity index is 2.12. The summed E-state index contributed by atoms with van der Waals surface area (Å²) in [6.07, 6.45) is 2.07. The monoisotopic (exact) mass is 389 g/mol. The number of nitrogens with zero attached hydrogens (tertiary/aromatic N) is 1. The molecule has 1 fully saturated rings. The predicted molar refractivity (Wildman–Crippen MR) is 104 cm³/mol. The van der Waals surface area contributed by atoms with Gasteiger partial charge in [0.1, 0.15) is 11.5 Å². The maximum absolute atomic E-state index is 12.8. The molecule has 0 spiro atoms. The lowest BCUT2D eigenvalue weighted by molar-refractivity contribution is -0.139. The molecule has 1 aliphatic carbocycles. The van der Waals surface area contributed by atoms with Crippen molar-refractivity contribution in [3.63, 3.8) is 0 Å². The number of carbonyl (C=O) groups excluding carboxylic acids is 2. The standard InChI is InChI=1S/C21H24ClNO4/c1-4-26-17-10-9-13(11-14(17)22)19-18(21(25)27-5-2)12(3)23-15-7-6-8-16(24)20(15)19/h9-11,19-20H,4-8H2,1-3H3/t19-,20?/m1/s1. The minimum absolute atomic E-state index is 0.115. The van der Waals surface area contributed by atoms with E-state index in [-0.39, 0.29) is 12.4 Å². The van der Waals surface area contributed by atoms with Gasteiger partial charge in [-0.15, -0.1) is 0 Å². The highest BCUT2D eigenvalue weighted by atomic mass is 35.5. The summed E-state index contributed by atoms with van der Waals surface area (Å²) < 4.78 is 10.8. The summed E-state index contributed by atoms with van der Waals surface area (Å²) in [5.41, 5.74) is 2.72. The third kappa shape index (κ3) is 3.79. The molecule has 0 amide bonds. The van der Waals surface area contributed by atoms with Crippen LogP contribution in [0.2, 0.25) is 5.02 Å². The van der Waals surface area contributed by atoms with Crippen molar-refractivity contribution in [1.29, 1.82) is 0 Å². The number of ketones is 1. The second-order valence-corrected chi connectivity index (χ2v) is 7.13. The second kappa shape index (κ2) is 8.26. The first-order valence-corrected chi connectivity index (χ1v) is 9.76. The molecule has 1 unspecified atom stereocenters. The number of Topliss-reactive ketones (excluding diaryl/α,β-unsaturated/α-hetero) is 1. The van der Waals surface area contributed by atoms with Crippen LogP contribution in [0.4, 0.5) is 0 Å². The molecule has 0 N–H and O–H groups in total. The minimum Gasteiger partial charge on any atom is -0.492 e. The first-order chi connectivity index (χ1) is 13.0. The molecule has 1 aliphatic heterocycles. The Morgan fingerprint density at radius 3 is 2.67 bits per heavy atom. The van der Waals surface area contributed by atoms with Gasteiger partial charge < -0.3 is 9.47 Å². The van der Waals surface area contributed by atoms with Crippen LogP contribution in [0.25, 0.3) is 0 Å². The average molecular weight is 390 g/mol. The van der Waals surface area contributed by atoms with Crippen LogP contribution in [0.3, 0.4) is 0 Å². The molecule has 0 bridgehead atoms. The number of benzene rings is 1. The van der Waals surface area contributed by atoms with Crippen molar-refractivity contribution >= 4 is 29.1 Å². The molecule has 27 heavy (non-hydrogen) atoms. The summed E-state index contributed by atoms with van der Waals surface area (Å²) in [4.78, 5) is 30.1. The molecule has 0 aromatic heterocycles. The minimum atomic E-state index is -0.434. The molecular weight excluding hydrogens is 366 g/mol. The predicted octanol–water partition coefficient (Wildman–Crippen LogP) is 4.48. The van der Waals surface area contributed by atoms with Crippen molar-refractivity contribution in [2.45, 2.75) is 46.0 Å². The van der Waals surface area contributed by atoms with Gasteiger partial charge in [0.15, 0.2) is 0 Å². The zero-order chi connectivity index (χ0) is 19.6. The fourth-order valence-electron chi connectivity index (χ4n) is 3.94. The van der Waals surface area contributed by atoms with Crippen molar-refractivity contribution in [2.24, 2.45) is 10.9 Å². The molecular formula is C21H24ClNO4. The zero-order valence-electron chi connectivity index (χ0n) is 15.9. The van der Waals surface area contributed by atoms with Crippen LogP contribution in [0.15, 0.2) is 34.5 Å². The van der Waals surface area contributed by atoms with Gasteiger partial charge in [-0.1, -0.05) is 17.7 Å². The summed E-state index contributed by atoms with van der Waals surface area (Å²) in [6.45, 7) is 6.23. The normalized spacial score (nSPS) is 22.2. The van der Waals surface area contributed by atoms with E-state index in [2.05, 4.69) is 4.99 Å². The highest BCUT2D eigenvalue weighted by Crippen LogP contribution is 2.44. The summed E-state index contributed by atoms with van der Waals surface area (Å²) in [7, 11) is 0. The molecule has 5 nitrogen and oxygen atoms in total. The Bertz CT molecular complexity index is 827. The van der Waals surface area contributed by atoms with Crippen LogP contribution in [0.5, 0.6) is 5.75 Å². The van der Waals surface area contributed by atoms with Crippen molar-refractivity contribution < 1.29 is 19.1 Å². The second-order valence-electron chi connectivity index (χ2n) is 6.72. The molecule has 1 heterocycles. The Hall–Kier alpha value is -2.14. The lowest BCUT2D eigenvalue weighted by atomic mass is 9.69. The van der Waals surface area contributed by atoms with Crippen LogP contribution in [0.1, 0.15) is 51.5 Å². The molecule has 2 aliphatic rings. The van der Waals surface area contributed by atoms with Crippen molar-refractivity contribution in [2.75, 3.05) is 13.2 Å². The number of carbonyl (C=O) groups is 2. The first kappa shape index (κ1) is 19.6. The SMILES string of the molecule is CCOC(=O)C1=C(C)N=C2CCCC(=O)C2[C@@H]1c1ccc(OCC)c(Cl)c1. The molecule has 0 radical (unpaired) electrons. The van der Waals surface area contributed by atoms with Gasteiger partial charge in [-0.2, -0.15) is 0 Å². The van der Waals surface area contributed by atoms with E-state index in [1.54, 1.807) is 26.0 Å². The van der Waals surface area contributed by atoms with E-state index in [1.807, 2.05) is 13.0 Å². The first-order valence-electron chi connectivity index (χ1n) is 9.38. The average Bonchev–Trinajstić information content (AvgIpc) is 2.62. The number of hydrogen-bond acceptors (Lipinski definition) is 5. The molecule has 6 heteroatoms. The van der Waals surface area contributed by atoms with Gasteiger partial charge in [0, 0.05) is 23.7 Å². The number of halogens is 1. The van der Waals surface area contributed by atoms with E-state index >= 15 is 0 Å². The van der Waals surface area contributed by atoms with Gasteiger partial charge in [-0.3, -0.25) is 9.79 Å². The zero-order valence-corrected chi connectivity index (χ0v) is 16.6. The molecule has 2 atom stereocenters. The van der Waals surface area contributed by atoms with Crippen molar-refractivity contribution in [3.05, 3.63) is 40.1 Å². The summed E-state index contributed by atoms with van der Waals surface area (Å²) in [5.74, 6) is -0.593. The Morgan fingerprint density at radius 2 is 2.00 bits per heavy atom. The Kier molecular flexibility index (Phi) is 6.00. The summed E-state index contributed by atoms with van der Waals surface area (Å²) >= 11 is 6.39. The fourth-order valence-corrected chi connectivity index (χ4v) is 4.18. The molecule has 3 rings (SSSR count). The molecule has 1 aromatic rings.